The Morgan fingerprint density at radius 2 is 1.22 bits per heavy atom. The zero-order chi connectivity index (χ0) is 20.1. The van der Waals surface area contributed by atoms with Gasteiger partial charge >= 0.3 is 11.9 Å². The van der Waals surface area contributed by atoms with E-state index >= 15 is 0 Å². The lowest BCUT2D eigenvalue weighted by atomic mass is 9.93. The minimum Gasteiger partial charge on any atom is -0.478 e. The van der Waals surface area contributed by atoms with Crippen molar-refractivity contribution in [3.8, 4) is 0 Å². The van der Waals surface area contributed by atoms with E-state index in [1.165, 1.54) is 70.3 Å². The molecule has 0 unspecified atom stereocenters. The molecule has 0 aliphatic carbocycles. The van der Waals surface area contributed by atoms with Crippen molar-refractivity contribution in [3.05, 3.63) is 34.4 Å². The second-order valence-electron chi connectivity index (χ2n) is 7.52. The minimum atomic E-state index is -1.19. The van der Waals surface area contributed by atoms with Gasteiger partial charge in [0, 0.05) is 0 Å². The summed E-state index contributed by atoms with van der Waals surface area (Å²) >= 11 is 0. The van der Waals surface area contributed by atoms with Crippen LogP contribution in [0.4, 0.5) is 0 Å². The number of benzene rings is 1. The molecular weight excluding hydrogens is 340 g/mol. The minimum absolute atomic E-state index is 0.0704. The summed E-state index contributed by atoms with van der Waals surface area (Å²) in [5.41, 5.74) is 1.34. The van der Waals surface area contributed by atoms with Crippen molar-refractivity contribution in [2.24, 2.45) is 0 Å². The van der Waals surface area contributed by atoms with Crippen LogP contribution in [0.5, 0.6) is 0 Å². The molecule has 0 amide bonds. The van der Waals surface area contributed by atoms with E-state index in [0.29, 0.717) is 5.56 Å². The average Bonchev–Trinajstić information content (AvgIpc) is 2.63. The van der Waals surface area contributed by atoms with E-state index in [1.807, 2.05) is 0 Å². The molecule has 4 heteroatoms. The van der Waals surface area contributed by atoms with E-state index < -0.39 is 11.9 Å². The summed E-state index contributed by atoms with van der Waals surface area (Å²) in [4.78, 5) is 22.6. The molecule has 0 aliphatic rings. The fourth-order valence-electron chi connectivity index (χ4n) is 3.64. The van der Waals surface area contributed by atoms with Crippen LogP contribution in [0.1, 0.15) is 116 Å². The Morgan fingerprint density at radius 1 is 0.741 bits per heavy atom. The molecule has 0 radical (unpaired) electrons. The Bertz CT molecular complexity index is 592. The summed E-state index contributed by atoms with van der Waals surface area (Å²) in [6, 6.07) is 3.19. The van der Waals surface area contributed by atoms with E-state index in [2.05, 4.69) is 6.92 Å². The predicted octanol–water partition coefficient (Wildman–Crippen LogP) is 6.64. The van der Waals surface area contributed by atoms with Crippen LogP contribution in [-0.2, 0) is 6.42 Å². The monoisotopic (exact) mass is 376 g/mol. The number of aryl methyl sites for hydroxylation is 1. The average molecular weight is 377 g/mol. The van der Waals surface area contributed by atoms with Gasteiger partial charge in [-0.05, 0) is 37.0 Å². The first-order valence-electron chi connectivity index (χ1n) is 10.6. The first-order valence-corrected chi connectivity index (χ1v) is 10.6. The fourth-order valence-corrected chi connectivity index (χ4v) is 3.64. The van der Waals surface area contributed by atoms with Crippen LogP contribution in [0, 0.1) is 6.92 Å². The van der Waals surface area contributed by atoms with Crippen molar-refractivity contribution in [1.82, 2.24) is 0 Å². The van der Waals surface area contributed by atoms with Gasteiger partial charge in [-0.15, -0.1) is 0 Å². The molecule has 0 fully saturated rings. The maximum absolute atomic E-state index is 11.4. The van der Waals surface area contributed by atoms with Gasteiger partial charge in [0.05, 0.1) is 11.1 Å². The molecule has 1 rings (SSSR count). The van der Waals surface area contributed by atoms with Gasteiger partial charge in [-0.1, -0.05) is 83.6 Å². The standard InChI is InChI=1S/C23H36O4/c1-3-4-5-6-7-8-9-10-11-12-13-14-15-19-16-17-20(22(24)25)21(18(19)2)23(26)27/h16-17H,3-15H2,1-2H3,(H,24,25)(H,26,27). The Balaban J connectivity index is 2.24. The number of aromatic carboxylic acids is 2. The van der Waals surface area contributed by atoms with Gasteiger partial charge in [0.15, 0.2) is 0 Å². The van der Waals surface area contributed by atoms with Gasteiger partial charge < -0.3 is 10.2 Å². The normalized spacial score (nSPS) is 10.9. The van der Waals surface area contributed by atoms with Crippen molar-refractivity contribution in [3.63, 3.8) is 0 Å². The molecule has 0 spiro atoms. The van der Waals surface area contributed by atoms with Crippen molar-refractivity contribution in [2.45, 2.75) is 97.3 Å². The Labute approximate surface area is 164 Å². The quantitative estimate of drug-likeness (QED) is 0.337. The fraction of sp³-hybridized carbons (Fsp3) is 0.652. The number of unbranched alkanes of at least 4 members (excludes halogenated alkanes) is 11. The lowest BCUT2D eigenvalue weighted by Gasteiger charge is -2.11. The topological polar surface area (TPSA) is 74.6 Å². The summed E-state index contributed by atoms with van der Waals surface area (Å²) in [6.07, 6.45) is 16.3. The Hall–Kier alpha value is -1.84. The zero-order valence-electron chi connectivity index (χ0n) is 17.1. The number of carboxylic acid groups (broad SMARTS) is 2. The molecule has 1 aromatic carbocycles. The van der Waals surface area contributed by atoms with E-state index in [-0.39, 0.29) is 11.1 Å². The number of hydrogen-bond acceptors (Lipinski definition) is 2. The van der Waals surface area contributed by atoms with Crippen LogP contribution >= 0.6 is 0 Å². The molecule has 0 aromatic heterocycles. The van der Waals surface area contributed by atoms with Crippen LogP contribution < -0.4 is 0 Å². The molecule has 0 aliphatic heterocycles. The zero-order valence-corrected chi connectivity index (χ0v) is 17.1. The first-order chi connectivity index (χ1) is 13.0. The molecule has 1 aromatic rings. The van der Waals surface area contributed by atoms with Crippen molar-refractivity contribution in [2.75, 3.05) is 0 Å². The molecule has 0 bridgehead atoms. The molecule has 0 saturated heterocycles. The lowest BCUT2D eigenvalue weighted by Crippen LogP contribution is -2.12. The van der Waals surface area contributed by atoms with Gasteiger partial charge in [0.1, 0.15) is 0 Å². The maximum atomic E-state index is 11.4. The second-order valence-corrected chi connectivity index (χ2v) is 7.52. The highest BCUT2D eigenvalue weighted by Crippen LogP contribution is 2.21. The molecule has 0 heterocycles. The molecule has 2 N–H and O–H groups in total. The maximum Gasteiger partial charge on any atom is 0.336 e. The molecule has 4 nitrogen and oxygen atoms in total. The Kier molecular flexibility index (Phi) is 11.5. The third-order valence-electron chi connectivity index (χ3n) is 5.32. The highest BCUT2D eigenvalue weighted by molar-refractivity contribution is 6.03. The molecule has 0 atom stereocenters. The second kappa shape index (κ2) is 13.3. The number of carbonyl (C=O) groups is 2. The third kappa shape index (κ3) is 8.59. The van der Waals surface area contributed by atoms with Crippen LogP contribution in [0.15, 0.2) is 12.1 Å². The van der Waals surface area contributed by atoms with Crippen LogP contribution in [-0.4, -0.2) is 22.2 Å². The van der Waals surface area contributed by atoms with Crippen LogP contribution in [0.25, 0.3) is 0 Å². The summed E-state index contributed by atoms with van der Waals surface area (Å²) in [6.45, 7) is 3.96. The third-order valence-corrected chi connectivity index (χ3v) is 5.32. The molecular formula is C23H36O4. The number of rotatable bonds is 15. The highest BCUT2D eigenvalue weighted by atomic mass is 16.4. The largest absolute Gasteiger partial charge is 0.478 e. The van der Waals surface area contributed by atoms with E-state index in [9.17, 15) is 14.7 Å². The van der Waals surface area contributed by atoms with Gasteiger partial charge in [-0.2, -0.15) is 0 Å². The van der Waals surface area contributed by atoms with Gasteiger partial charge in [0.2, 0.25) is 0 Å². The molecule has 27 heavy (non-hydrogen) atoms. The summed E-state index contributed by atoms with van der Waals surface area (Å²) in [7, 11) is 0. The Morgan fingerprint density at radius 3 is 1.67 bits per heavy atom. The van der Waals surface area contributed by atoms with E-state index in [1.54, 1.807) is 13.0 Å². The van der Waals surface area contributed by atoms with Gasteiger partial charge in [-0.25, -0.2) is 9.59 Å². The highest BCUT2D eigenvalue weighted by Gasteiger charge is 2.20. The molecule has 152 valence electrons. The van der Waals surface area contributed by atoms with Crippen molar-refractivity contribution in [1.29, 1.82) is 0 Å². The lowest BCUT2D eigenvalue weighted by molar-refractivity contribution is 0.0650. The molecule has 0 saturated carbocycles. The summed E-state index contributed by atoms with van der Waals surface area (Å²) < 4.78 is 0. The first kappa shape index (κ1) is 23.2. The number of hydrogen-bond donors (Lipinski definition) is 2. The summed E-state index contributed by atoms with van der Waals surface area (Å²) in [5.74, 6) is -2.35. The van der Waals surface area contributed by atoms with Crippen LogP contribution in [0.2, 0.25) is 0 Å². The SMILES string of the molecule is CCCCCCCCCCCCCCc1ccc(C(=O)O)c(C(=O)O)c1C. The van der Waals surface area contributed by atoms with Gasteiger partial charge in [0.25, 0.3) is 0 Å². The summed E-state index contributed by atoms with van der Waals surface area (Å²) in [5, 5.41) is 18.5. The van der Waals surface area contributed by atoms with Crippen molar-refractivity contribution < 1.29 is 19.8 Å². The smallest absolute Gasteiger partial charge is 0.336 e. The van der Waals surface area contributed by atoms with Crippen LogP contribution in [0.3, 0.4) is 0 Å². The van der Waals surface area contributed by atoms with E-state index in [0.717, 1.165) is 24.8 Å². The van der Waals surface area contributed by atoms with Crippen molar-refractivity contribution >= 4 is 11.9 Å². The van der Waals surface area contributed by atoms with E-state index in [4.69, 9.17) is 5.11 Å². The predicted molar refractivity (Wildman–Crippen MR) is 110 cm³/mol. The number of carboxylic acids is 2. The van der Waals surface area contributed by atoms with Gasteiger partial charge in [-0.3, -0.25) is 0 Å².